The van der Waals surface area contributed by atoms with Crippen LogP contribution in [-0.2, 0) is 11.3 Å². The molecule has 0 saturated heterocycles. The van der Waals surface area contributed by atoms with Crippen LogP contribution in [0.4, 0.5) is 0 Å². The lowest BCUT2D eigenvalue weighted by atomic mass is 10.0. The van der Waals surface area contributed by atoms with Crippen molar-refractivity contribution in [2.24, 2.45) is 0 Å². The van der Waals surface area contributed by atoms with Gasteiger partial charge in [-0.25, -0.2) is 4.79 Å². The summed E-state index contributed by atoms with van der Waals surface area (Å²) in [5.74, 6) is 0.362. The van der Waals surface area contributed by atoms with Crippen LogP contribution in [0.25, 0.3) is 0 Å². The summed E-state index contributed by atoms with van der Waals surface area (Å²) in [6.45, 7) is 6.01. The fourth-order valence-electron chi connectivity index (χ4n) is 2.69. The number of esters is 1. The summed E-state index contributed by atoms with van der Waals surface area (Å²) in [6.07, 6.45) is 1.62. The van der Waals surface area contributed by atoms with Crippen molar-refractivity contribution >= 4 is 11.8 Å². The van der Waals surface area contributed by atoms with Gasteiger partial charge in [-0.1, -0.05) is 0 Å². The maximum Gasteiger partial charge on any atom is 0.339 e. The molecule has 0 spiro atoms. The first kappa shape index (κ1) is 17.0. The molecular formula is C17H23N2O4+. The summed E-state index contributed by atoms with van der Waals surface area (Å²) in [4.78, 5) is 28.7. The van der Waals surface area contributed by atoms with Crippen LogP contribution in [0.15, 0.2) is 22.8 Å². The Labute approximate surface area is 135 Å². The zero-order valence-corrected chi connectivity index (χ0v) is 14.1. The summed E-state index contributed by atoms with van der Waals surface area (Å²) >= 11 is 0. The van der Waals surface area contributed by atoms with E-state index in [1.54, 1.807) is 20.1 Å². The molecule has 6 heteroatoms. The number of H-pyrrole nitrogens is 1. The highest BCUT2D eigenvalue weighted by Crippen LogP contribution is 2.19. The Balaban J connectivity index is 2.21. The molecule has 0 radical (unpaired) electrons. The number of carbonyl (C=O) groups is 2. The first-order valence-electron chi connectivity index (χ1n) is 7.53. The van der Waals surface area contributed by atoms with Crippen molar-refractivity contribution in [2.45, 2.75) is 33.4 Å². The van der Waals surface area contributed by atoms with E-state index >= 15 is 0 Å². The van der Waals surface area contributed by atoms with Gasteiger partial charge in [0, 0.05) is 5.69 Å². The van der Waals surface area contributed by atoms with Crippen LogP contribution in [0.5, 0.6) is 0 Å². The number of aromatic amines is 1. The molecule has 2 heterocycles. The fraction of sp³-hybridized carbons (Fsp3) is 0.412. The Morgan fingerprint density at radius 2 is 2.09 bits per heavy atom. The molecule has 0 aliphatic rings. The molecule has 124 valence electrons. The van der Waals surface area contributed by atoms with Crippen molar-refractivity contribution in [3.05, 3.63) is 46.7 Å². The van der Waals surface area contributed by atoms with Gasteiger partial charge in [-0.15, -0.1) is 0 Å². The number of carbonyl (C=O) groups excluding carboxylic acids is 2. The minimum Gasteiger partial charge on any atom is -0.465 e. The summed E-state index contributed by atoms with van der Waals surface area (Å²) in [5.41, 5.74) is 2.19. The Morgan fingerprint density at radius 1 is 1.39 bits per heavy atom. The monoisotopic (exact) mass is 319 g/mol. The molecule has 0 saturated carbocycles. The van der Waals surface area contributed by atoms with Crippen LogP contribution in [0.3, 0.4) is 0 Å². The molecule has 0 aliphatic heterocycles. The topological polar surface area (TPSA) is 76.7 Å². The SMILES string of the molecule is COC(=O)c1c(C)[nH]c(C(=O)[C@@H](C)[NH+](C)Cc2ccco2)c1C. The molecule has 0 aliphatic carbocycles. The van der Waals surface area contributed by atoms with Crippen LogP contribution >= 0.6 is 0 Å². The average molecular weight is 319 g/mol. The number of likely N-dealkylation sites (N-methyl/N-ethyl adjacent to an activating group) is 1. The molecule has 0 fully saturated rings. The molecular weight excluding hydrogens is 296 g/mol. The highest BCUT2D eigenvalue weighted by molar-refractivity contribution is 6.03. The lowest BCUT2D eigenvalue weighted by Gasteiger charge is -2.19. The molecule has 0 bridgehead atoms. The van der Waals surface area contributed by atoms with Gasteiger partial charge in [0.15, 0.2) is 11.8 Å². The zero-order valence-electron chi connectivity index (χ0n) is 14.1. The van der Waals surface area contributed by atoms with Crippen LogP contribution in [0.2, 0.25) is 0 Å². The standard InChI is InChI=1S/C17H22N2O4/c1-10-14(17(21)22-5)11(2)18-15(10)16(20)12(3)19(4)9-13-7-6-8-23-13/h6-8,12,18H,9H2,1-5H3/p+1/t12-/m1/s1. The molecule has 1 unspecified atom stereocenters. The number of Topliss-reactive ketones (excluding diaryl/α,β-unsaturated/α-hetero) is 1. The van der Waals surface area contributed by atoms with E-state index < -0.39 is 5.97 Å². The van der Waals surface area contributed by atoms with E-state index in [-0.39, 0.29) is 11.8 Å². The van der Waals surface area contributed by atoms with Crippen LogP contribution < -0.4 is 4.90 Å². The summed E-state index contributed by atoms with van der Waals surface area (Å²) < 4.78 is 10.1. The van der Waals surface area contributed by atoms with Crippen molar-refractivity contribution in [1.82, 2.24) is 4.98 Å². The van der Waals surface area contributed by atoms with E-state index in [9.17, 15) is 9.59 Å². The average Bonchev–Trinajstić information content (AvgIpc) is 3.13. The van der Waals surface area contributed by atoms with Crippen LogP contribution in [0.1, 0.15) is 44.8 Å². The molecule has 2 atom stereocenters. The number of nitrogens with one attached hydrogen (secondary N) is 2. The van der Waals surface area contributed by atoms with Crippen molar-refractivity contribution in [3.63, 3.8) is 0 Å². The second kappa shape index (κ2) is 6.83. The van der Waals surface area contributed by atoms with E-state index in [4.69, 9.17) is 9.15 Å². The molecule has 2 rings (SSSR count). The summed E-state index contributed by atoms with van der Waals surface area (Å²) in [5, 5.41) is 0. The van der Waals surface area contributed by atoms with E-state index in [0.717, 1.165) is 10.7 Å². The van der Waals surface area contributed by atoms with E-state index in [0.29, 0.717) is 29.1 Å². The second-order valence-electron chi connectivity index (χ2n) is 5.81. The first-order valence-corrected chi connectivity index (χ1v) is 7.53. The number of methoxy groups -OCH3 is 1. The molecule has 23 heavy (non-hydrogen) atoms. The number of aryl methyl sites for hydroxylation is 1. The molecule has 2 aromatic rings. The number of furan rings is 1. The lowest BCUT2D eigenvalue weighted by Crippen LogP contribution is -3.12. The van der Waals surface area contributed by atoms with Gasteiger partial charge in [0.25, 0.3) is 0 Å². The Kier molecular flexibility index (Phi) is 5.05. The van der Waals surface area contributed by atoms with Gasteiger partial charge in [0.1, 0.15) is 6.54 Å². The number of hydrogen-bond acceptors (Lipinski definition) is 4. The number of aromatic nitrogens is 1. The van der Waals surface area contributed by atoms with Crippen molar-refractivity contribution < 1.29 is 23.6 Å². The smallest absolute Gasteiger partial charge is 0.339 e. The molecule has 6 nitrogen and oxygen atoms in total. The second-order valence-corrected chi connectivity index (χ2v) is 5.81. The zero-order chi connectivity index (χ0) is 17.1. The summed E-state index contributed by atoms with van der Waals surface area (Å²) in [7, 11) is 3.27. The number of rotatable bonds is 6. The normalized spacial score (nSPS) is 13.6. The highest BCUT2D eigenvalue weighted by atomic mass is 16.5. The Bertz CT molecular complexity index is 701. The van der Waals surface area contributed by atoms with Gasteiger partial charge in [0.2, 0.25) is 5.78 Å². The van der Waals surface area contributed by atoms with Crippen molar-refractivity contribution in [2.75, 3.05) is 14.2 Å². The van der Waals surface area contributed by atoms with Gasteiger partial charge in [-0.3, -0.25) is 4.79 Å². The van der Waals surface area contributed by atoms with E-state index in [1.165, 1.54) is 7.11 Å². The molecule has 2 N–H and O–H groups in total. The summed E-state index contributed by atoms with van der Waals surface area (Å²) in [6, 6.07) is 3.44. The number of quaternary nitrogens is 1. The molecule has 0 aromatic carbocycles. The third-order valence-electron chi connectivity index (χ3n) is 4.24. The van der Waals surface area contributed by atoms with E-state index in [1.807, 2.05) is 26.1 Å². The maximum absolute atomic E-state index is 12.8. The van der Waals surface area contributed by atoms with Crippen molar-refractivity contribution in [3.8, 4) is 0 Å². The first-order chi connectivity index (χ1) is 10.9. The fourth-order valence-corrected chi connectivity index (χ4v) is 2.69. The van der Waals surface area contributed by atoms with Gasteiger partial charge < -0.3 is 19.0 Å². The van der Waals surface area contributed by atoms with Gasteiger partial charge in [-0.05, 0) is 38.5 Å². The number of ketones is 1. The predicted molar refractivity (Wildman–Crippen MR) is 84.7 cm³/mol. The lowest BCUT2D eigenvalue weighted by molar-refractivity contribution is -0.908. The largest absolute Gasteiger partial charge is 0.465 e. The van der Waals surface area contributed by atoms with Gasteiger partial charge in [0.05, 0.1) is 31.7 Å². The molecule has 0 amide bonds. The highest BCUT2D eigenvalue weighted by Gasteiger charge is 2.29. The van der Waals surface area contributed by atoms with Crippen LogP contribution in [-0.4, -0.2) is 36.9 Å². The quantitative estimate of drug-likeness (QED) is 0.621. The van der Waals surface area contributed by atoms with Gasteiger partial charge >= 0.3 is 5.97 Å². The Morgan fingerprint density at radius 3 is 2.65 bits per heavy atom. The van der Waals surface area contributed by atoms with Gasteiger partial charge in [-0.2, -0.15) is 0 Å². The Hall–Kier alpha value is -2.34. The third kappa shape index (κ3) is 3.37. The minimum atomic E-state index is -0.431. The molecule has 2 aromatic heterocycles. The van der Waals surface area contributed by atoms with E-state index in [2.05, 4.69) is 4.98 Å². The number of hydrogen-bond donors (Lipinski definition) is 2. The van der Waals surface area contributed by atoms with Crippen molar-refractivity contribution in [1.29, 1.82) is 0 Å². The predicted octanol–water partition coefficient (Wildman–Crippen LogP) is 1.30. The number of ether oxygens (including phenoxy) is 1. The maximum atomic E-state index is 12.8. The minimum absolute atomic E-state index is 0.0372. The third-order valence-corrected chi connectivity index (χ3v) is 4.24. The van der Waals surface area contributed by atoms with Crippen LogP contribution in [0, 0.1) is 13.8 Å².